The number of nitrogens with one attached hydrogen (secondary N) is 1. The Balaban J connectivity index is 1.50. The van der Waals surface area contributed by atoms with Crippen molar-refractivity contribution in [2.75, 3.05) is 24.7 Å². The Kier molecular flexibility index (Phi) is 6.63. The molecule has 0 aliphatic carbocycles. The van der Waals surface area contributed by atoms with Crippen LogP contribution in [0.5, 0.6) is 0 Å². The van der Waals surface area contributed by atoms with Crippen molar-refractivity contribution in [1.29, 1.82) is 0 Å². The first-order valence-corrected chi connectivity index (χ1v) is 12.0. The van der Waals surface area contributed by atoms with Gasteiger partial charge in [-0.1, -0.05) is 29.2 Å². The number of thioether (sulfide) groups is 1. The summed E-state index contributed by atoms with van der Waals surface area (Å²) < 4.78 is 51.2. The van der Waals surface area contributed by atoms with Gasteiger partial charge in [0.1, 0.15) is 0 Å². The van der Waals surface area contributed by atoms with Crippen LogP contribution in [0.2, 0.25) is 0 Å². The van der Waals surface area contributed by atoms with Gasteiger partial charge in [-0.15, -0.1) is 10.2 Å². The number of nitrogens with zero attached hydrogens (tertiary/aromatic N) is 3. The quantitative estimate of drug-likeness (QED) is 0.540. The highest BCUT2D eigenvalue weighted by Gasteiger charge is 2.29. The van der Waals surface area contributed by atoms with Crippen LogP contribution in [0, 0.1) is 17.6 Å². The van der Waals surface area contributed by atoms with Crippen LogP contribution in [0.25, 0.3) is 0 Å². The highest BCUT2D eigenvalue weighted by Crippen LogP contribution is 2.29. The fraction of sp³-hybridized carbons (Fsp3) is 0.438. The van der Waals surface area contributed by atoms with Crippen LogP contribution in [0.3, 0.4) is 0 Å². The minimum Gasteiger partial charge on any atom is -0.300 e. The zero-order valence-corrected chi connectivity index (χ0v) is 17.3. The van der Waals surface area contributed by atoms with Gasteiger partial charge in [0.05, 0.1) is 6.26 Å². The molecule has 28 heavy (non-hydrogen) atoms. The number of carbonyl (C=O) groups is 1. The van der Waals surface area contributed by atoms with Crippen LogP contribution < -0.4 is 5.32 Å². The number of halogens is 2. The fourth-order valence-corrected chi connectivity index (χ4v) is 5.32. The lowest BCUT2D eigenvalue weighted by molar-refractivity contribution is -0.120. The minimum atomic E-state index is -3.23. The molecule has 1 aromatic heterocycles. The molecule has 1 aliphatic heterocycles. The number of piperidine rings is 1. The molecule has 0 radical (unpaired) electrons. The molecule has 1 saturated heterocycles. The second-order valence-electron chi connectivity index (χ2n) is 6.34. The van der Waals surface area contributed by atoms with Crippen molar-refractivity contribution in [3.8, 4) is 0 Å². The first-order valence-electron chi connectivity index (χ1n) is 8.38. The van der Waals surface area contributed by atoms with Crippen molar-refractivity contribution >= 4 is 44.2 Å². The third-order valence-corrected chi connectivity index (χ3v) is 7.62. The summed E-state index contributed by atoms with van der Waals surface area (Å²) in [6.07, 6.45) is 2.07. The Morgan fingerprint density at radius 1 is 1.29 bits per heavy atom. The maximum atomic E-state index is 13.2. The normalized spacial score (nSPS) is 16.2. The third kappa shape index (κ3) is 5.46. The minimum absolute atomic E-state index is 0.207. The van der Waals surface area contributed by atoms with E-state index in [-0.39, 0.29) is 11.8 Å². The standard InChI is InChI=1S/C16H18F2N4O3S3/c1-28(24,25)22-6-4-11(5-7-22)14(23)19-15-20-21-16(27-15)26-9-10-2-3-12(17)13(18)8-10/h2-3,8,11H,4-7,9H2,1H3,(H,19,20,23). The van der Waals surface area contributed by atoms with E-state index in [1.165, 1.54) is 33.5 Å². The molecule has 7 nitrogen and oxygen atoms in total. The summed E-state index contributed by atoms with van der Waals surface area (Å²) in [5.41, 5.74) is 0.613. The number of hydrogen-bond donors (Lipinski definition) is 1. The summed E-state index contributed by atoms with van der Waals surface area (Å²) in [5.74, 6) is -1.88. The van der Waals surface area contributed by atoms with Gasteiger partial charge in [-0.3, -0.25) is 4.79 Å². The van der Waals surface area contributed by atoms with Crippen molar-refractivity contribution in [3.63, 3.8) is 0 Å². The zero-order chi connectivity index (χ0) is 20.3. The van der Waals surface area contributed by atoms with Crippen molar-refractivity contribution in [3.05, 3.63) is 35.4 Å². The van der Waals surface area contributed by atoms with Crippen molar-refractivity contribution < 1.29 is 22.0 Å². The summed E-state index contributed by atoms with van der Waals surface area (Å²) in [7, 11) is -3.23. The lowest BCUT2D eigenvalue weighted by atomic mass is 9.97. The molecule has 0 saturated carbocycles. The van der Waals surface area contributed by atoms with Crippen LogP contribution >= 0.6 is 23.1 Å². The van der Waals surface area contributed by atoms with Crippen LogP contribution in [0.4, 0.5) is 13.9 Å². The highest BCUT2D eigenvalue weighted by atomic mass is 32.2. The highest BCUT2D eigenvalue weighted by molar-refractivity contribution is 8.00. The predicted molar refractivity (Wildman–Crippen MR) is 104 cm³/mol. The summed E-state index contributed by atoms with van der Waals surface area (Å²) in [6.45, 7) is 0.644. The summed E-state index contributed by atoms with van der Waals surface area (Å²) in [4.78, 5) is 12.4. The first-order chi connectivity index (χ1) is 13.2. The van der Waals surface area contributed by atoms with E-state index in [0.717, 1.165) is 18.4 Å². The number of rotatable bonds is 6. The molecule has 0 atom stereocenters. The van der Waals surface area contributed by atoms with Gasteiger partial charge in [-0.25, -0.2) is 21.5 Å². The lowest BCUT2D eigenvalue weighted by Crippen LogP contribution is -2.40. The van der Waals surface area contributed by atoms with E-state index in [9.17, 15) is 22.0 Å². The fourth-order valence-electron chi connectivity index (χ4n) is 2.75. The van der Waals surface area contributed by atoms with Gasteiger partial charge in [0.15, 0.2) is 16.0 Å². The van der Waals surface area contributed by atoms with Gasteiger partial charge in [-0.05, 0) is 30.5 Å². The summed E-state index contributed by atoms with van der Waals surface area (Å²) >= 11 is 2.50. The Morgan fingerprint density at radius 3 is 2.64 bits per heavy atom. The molecule has 0 unspecified atom stereocenters. The third-order valence-electron chi connectivity index (χ3n) is 4.28. The molecule has 2 heterocycles. The molecule has 1 amide bonds. The molecule has 0 bridgehead atoms. The van der Waals surface area contributed by atoms with Crippen LogP contribution in [0.1, 0.15) is 18.4 Å². The van der Waals surface area contributed by atoms with E-state index in [2.05, 4.69) is 15.5 Å². The Morgan fingerprint density at radius 2 is 2.00 bits per heavy atom. The maximum Gasteiger partial charge on any atom is 0.229 e. The van der Waals surface area contributed by atoms with Gasteiger partial charge in [0, 0.05) is 24.8 Å². The number of amides is 1. The average molecular weight is 449 g/mol. The SMILES string of the molecule is CS(=O)(=O)N1CCC(C(=O)Nc2nnc(SCc3ccc(F)c(F)c3)s2)CC1. The molecule has 2 aromatic rings. The van der Waals surface area contributed by atoms with E-state index in [1.807, 2.05) is 0 Å². The zero-order valence-electron chi connectivity index (χ0n) is 14.9. The predicted octanol–water partition coefficient (Wildman–Crippen LogP) is 2.72. The topological polar surface area (TPSA) is 92.3 Å². The molecule has 12 heteroatoms. The van der Waals surface area contributed by atoms with Crippen molar-refractivity contribution in [2.45, 2.75) is 22.9 Å². The molecule has 0 spiro atoms. The van der Waals surface area contributed by atoms with Crippen molar-refractivity contribution in [2.24, 2.45) is 5.92 Å². The van der Waals surface area contributed by atoms with E-state index in [4.69, 9.17) is 0 Å². The number of benzene rings is 1. The van der Waals surface area contributed by atoms with E-state index in [0.29, 0.717) is 46.7 Å². The van der Waals surface area contributed by atoms with Gasteiger partial charge in [-0.2, -0.15) is 0 Å². The Hall–Kier alpha value is -1.63. The molecule has 152 valence electrons. The molecule has 3 rings (SSSR count). The molecule has 1 aromatic carbocycles. The van der Waals surface area contributed by atoms with Gasteiger partial charge in [0.2, 0.25) is 21.1 Å². The summed E-state index contributed by atoms with van der Waals surface area (Å²) in [6, 6.07) is 3.71. The van der Waals surface area contributed by atoms with Crippen LogP contribution in [-0.4, -0.2) is 48.2 Å². The van der Waals surface area contributed by atoms with E-state index < -0.39 is 21.7 Å². The van der Waals surface area contributed by atoms with Gasteiger partial charge in [0.25, 0.3) is 0 Å². The smallest absolute Gasteiger partial charge is 0.229 e. The van der Waals surface area contributed by atoms with Crippen LogP contribution in [0.15, 0.2) is 22.5 Å². The number of aromatic nitrogens is 2. The van der Waals surface area contributed by atoms with E-state index >= 15 is 0 Å². The number of carbonyl (C=O) groups excluding carboxylic acids is 1. The maximum absolute atomic E-state index is 13.2. The monoisotopic (exact) mass is 448 g/mol. The Bertz CT molecular complexity index is 960. The molecular formula is C16H18F2N4O3S3. The number of anilines is 1. The molecule has 1 N–H and O–H groups in total. The van der Waals surface area contributed by atoms with E-state index in [1.54, 1.807) is 0 Å². The molecular weight excluding hydrogens is 430 g/mol. The summed E-state index contributed by atoms with van der Waals surface area (Å²) in [5, 5.41) is 11.0. The van der Waals surface area contributed by atoms with Gasteiger partial charge < -0.3 is 5.32 Å². The van der Waals surface area contributed by atoms with Gasteiger partial charge >= 0.3 is 0 Å². The Labute approximate surface area is 169 Å². The lowest BCUT2D eigenvalue weighted by Gasteiger charge is -2.29. The number of hydrogen-bond acceptors (Lipinski definition) is 7. The second-order valence-corrected chi connectivity index (χ2v) is 10.5. The molecule has 1 fully saturated rings. The number of sulfonamides is 1. The van der Waals surface area contributed by atoms with Crippen LogP contribution in [-0.2, 0) is 20.6 Å². The molecule has 1 aliphatic rings. The average Bonchev–Trinajstić information content (AvgIpc) is 3.09. The second kappa shape index (κ2) is 8.80. The first kappa shape index (κ1) is 21.1. The van der Waals surface area contributed by atoms with Crippen molar-refractivity contribution in [1.82, 2.24) is 14.5 Å². The largest absolute Gasteiger partial charge is 0.300 e.